The van der Waals surface area contributed by atoms with E-state index < -0.39 is 6.10 Å². The summed E-state index contributed by atoms with van der Waals surface area (Å²) in [7, 11) is 0. The molecule has 4 heterocycles. The van der Waals surface area contributed by atoms with Crippen molar-refractivity contribution in [2.24, 2.45) is 5.41 Å². The molecule has 2 aliphatic rings. The Bertz CT molecular complexity index is 781. The van der Waals surface area contributed by atoms with Gasteiger partial charge in [0.1, 0.15) is 12.1 Å². The quantitative estimate of drug-likeness (QED) is 0.880. The first-order valence-electron chi connectivity index (χ1n) is 9.53. The van der Waals surface area contributed by atoms with E-state index in [1.807, 2.05) is 11.8 Å². The van der Waals surface area contributed by atoms with Crippen molar-refractivity contribution in [2.75, 3.05) is 36.0 Å². The number of aryl methyl sites for hydroxylation is 1. The van der Waals surface area contributed by atoms with Crippen LogP contribution in [0.4, 0.5) is 16.0 Å². The number of hydrogen-bond donors (Lipinski definition) is 1. The third-order valence-corrected chi connectivity index (χ3v) is 5.80. The van der Waals surface area contributed by atoms with Crippen LogP contribution in [0.25, 0.3) is 0 Å². The van der Waals surface area contributed by atoms with E-state index in [2.05, 4.69) is 24.8 Å². The highest BCUT2D eigenvalue weighted by molar-refractivity contribution is 5.42. The van der Waals surface area contributed by atoms with E-state index in [1.165, 1.54) is 6.33 Å². The lowest BCUT2D eigenvalue weighted by atomic mass is 9.71. The maximum absolute atomic E-state index is 14.6. The molecule has 0 bridgehead atoms. The van der Waals surface area contributed by atoms with Crippen molar-refractivity contribution < 1.29 is 9.50 Å². The molecular formula is C19H25FN6O. The Balaban J connectivity index is 1.49. The van der Waals surface area contributed by atoms with Crippen molar-refractivity contribution in [3.05, 3.63) is 36.4 Å². The van der Waals surface area contributed by atoms with Crippen LogP contribution in [0.3, 0.4) is 0 Å². The van der Waals surface area contributed by atoms with Gasteiger partial charge in [-0.05, 0) is 31.1 Å². The molecule has 0 aliphatic carbocycles. The molecule has 144 valence electrons. The molecule has 0 saturated carbocycles. The van der Waals surface area contributed by atoms with Crippen LogP contribution in [0, 0.1) is 11.2 Å². The summed E-state index contributed by atoms with van der Waals surface area (Å²) in [4.78, 5) is 20.9. The molecule has 1 atom stereocenters. The minimum Gasteiger partial charge on any atom is -0.391 e. The van der Waals surface area contributed by atoms with E-state index in [0.29, 0.717) is 24.5 Å². The number of β-amino-alcohol motifs (C(OH)–C–C–N with tert-alkyl or cyclic N) is 1. The Morgan fingerprint density at radius 1 is 1.19 bits per heavy atom. The first kappa shape index (κ1) is 18.0. The number of anilines is 2. The van der Waals surface area contributed by atoms with Crippen molar-refractivity contribution in [3.8, 4) is 0 Å². The lowest BCUT2D eigenvalue weighted by Crippen LogP contribution is -2.54. The van der Waals surface area contributed by atoms with Crippen molar-refractivity contribution in [1.82, 2.24) is 19.9 Å². The topological polar surface area (TPSA) is 78.3 Å². The zero-order valence-corrected chi connectivity index (χ0v) is 15.6. The van der Waals surface area contributed by atoms with E-state index in [9.17, 15) is 9.50 Å². The molecule has 2 aromatic heterocycles. The van der Waals surface area contributed by atoms with E-state index in [-0.39, 0.29) is 11.2 Å². The molecular weight excluding hydrogens is 347 g/mol. The summed E-state index contributed by atoms with van der Waals surface area (Å²) in [6, 6.07) is 0. The molecule has 0 aromatic carbocycles. The van der Waals surface area contributed by atoms with Crippen LogP contribution in [-0.4, -0.2) is 57.3 Å². The number of aliphatic hydroxyl groups excluding tert-OH is 1. The summed E-state index contributed by atoms with van der Waals surface area (Å²) in [6.45, 7) is 4.74. The standard InChI is InChI=1S/C19H25FN6O/c1-2-15-17(20)18(24-13-23-15)25-7-3-19(4-8-25)9-14(27)11-26(12-19)16-10-21-5-6-22-16/h5-6,10,13-14,27H,2-4,7-9,11-12H2,1H3. The molecule has 1 unspecified atom stereocenters. The third-order valence-electron chi connectivity index (χ3n) is 5.80. The first-order valence-corrected chi connectivity index (χ1v) is 9.53. The van der Waals surface area contributed by atoms with Crippen LogP contribution in [0.5, 0.6) is 0 Å². The van der Waals surface area contributed by atoms with Crippen LogP contribution >= 0.6 is 0 Å². The highest BCUT2D eigenvalue weighted by atomic mass is 19.1. The maximum Gasteiger partial charge on any atom is 0.187 e. The highest BCUT2D eigenvalue weighted by Gasteiger charge is 2.42. The molecule has 0 amide bonds. The first-order chi connectivity index (χ1) is 13.1. The minimum absolute atomic E-state index is 0.00276. The van der Waals surface area contributed by atoms with Crippen molar-refractivity contribution in [3.63, 3.8) is 0 Å². The van der Waals surface area contributed by atoms with Gasteiger partial charge in [-0.3, -0.25) is 4.98 Å². The minimum atomic E-state index is -0.394. The summed E-state index contributed by atoms with van der Waals surface area (Å²) in [6.07, 6.45) is 9.20. The monoisotopic (exact) mass is 372 g/mol. The lowest BCUT2D eigenvalue weighted by Gasteiger charge is -2.49. The van der Waals surface area contributed by atoms with Crippen molar-refractivity contribution in [2.45, 2.75) is 38.7 Å². The Labute approximate surface area is 158 Å². The smallest absolute Gasteiger partial charge is 0.187 e. The fraction of sp³-hybridized carbons (Fsp3) is 0.579. The van der Waals surface area contributed by atoms with Gasteiger partial charge in [0.2, 0.25) is 0 Å². The number of aliphatic hydroxyl groups is 1. The van der Waals surface area contributed by atoms with Gasteiger partial charge >= 0.3 is 0 Å². The SMILES string of the molecule is CCc1ncnc(N2CCC3(CC2)CC(O)CN(c2cnccn2)C3)c1F. The van der Waals surface area contributed by atoms with Gasteiger partial charge in [-0.2, -0.15) is 0 Å². The van der Waals surface area contributed by atoms with Crippen LogP contribution in [0.2, 0.25) is 0 Å². The molecule has 1 spiro atoms. The Morgan fingerprint density at radius 3 is 2.70 bits per heavy atom. The number of aromatic nitrogens is 4. The molecule has 4 rings (SSSR count). The van der Waals surface area contributed by atoms with Crippen LogP contribution in [0.1, 0.15) is 31.9 Å². The highest BCUT2D eigenvalue weighted by Crippen LogP contribution is 2.41. The van der Waals surface area contributed by atoms with E-state index in [1.54, 1.807) is 18.6 Å². The van der Waals surface area contributed by atoms with Gasteiger partial charge in [-0.15, -0.1) is 0 Å². The average molecular weight is 372 g/mol. The maximum atomic E-state index is 14.6. The van der Waals surface area contributed by atoms with Gasteiger partial charge in [0, 0.05) is 38.6 Å². The molecule has 1 N–H and O–H groups in total. The number of nitrogens with zero attached hydrogens (tertiary/aromatic N) is 6. The van der Waals surface area contributed by atoms with Gasteiger partial charge in [0.05, 0.1) is 18.0 Å². The Hall–Kier alpha value is -2.35. The normalized spacial score (nSPS) is 22.3. The summed E-state index contributed by atoms with van der Waals surface area (Å²) in [5.74, 6) is 0.896. The predicted molar refractivity (Wildman–Crippen MR) is 100 cm³/mol. The van der Waals surface area contributed by atoms with Gasteiger partial charge in [0.15, 0.2) is 11.6 Å². The Kier molecular flexibility index (Phi) is 4.90. The number of piperidine rings is 2. The van der Waals surface area contributed by atoms with Gasteiger partial charge in [-0.25, -0.2) is 19.3 Å². The van der Waals surface area contributed by atoms with Crippen LogP contribution in [-0.2, 0) is 6.42 Å². The summed E-state index contributed by atoms with van der Waals surface area (Å²) < 4.78 is 14.6. The van der Waals surface area contributed by atoms with Crippen LogP contribution < -0.4 is 9.80 Å². The lowest BCUT2D eigenvalue weighted by molar-refractivity contribution is 0.0593. The molecule has 2 aliphatic heterocycles. The second kappa shape index (κ2) is 7.34. The predicted octanol–water partition coefficient (Wildman–Crippen LogP) is 1.83. The molecule has 2 fully saturated rings. The van der Waals surface area contributed by atoms with E-state index in [0.717, 1.165) is 44.7 Å². The largest absolute Gasteiger partial charge is 0.391 e. The second-order valence-electron chi connectivity index (χ2n) is 7.60. The fourth-order valence-corrected chi connectivity index (χ4v) is 4.40. The number of halogens is 1. The Morgan fingerprint density at radius 2 is 2.00 bits per heavy atom. The van der Waals surface area contributed by atoms with Crippen molar-refractivity contribution >= 4 is 11.6 Å². The number of hydrogen-bond acceptors (Lipinski definition) is 7. The van der Waals surface area contributed by atoms with Crippen LogP contribution in [0.15, 0.2) is 24.9 Å². The van der Waals surface area contributed by atoms with Crippen molar-refractivity contribution in [1.29, 1.82) is 0 Å². The van der Waals surface area contributed by atoms with E-state index >= 15 is 0 Å². The molecule has 7 nitrogen and oxygen atoms in total. The zero-order chi connectivity index (χ0) is 18.9. The summed E-state index contributed by atoms with van der Waals surface area (Å²) in [5, 5.41) is 10.5. The van der Waals surface area contributed by atoms with Gasteiger partial charge in [0.25, 0.3) is 0 Å². The zero-order valence-electron chi connectivity index (χ0n) is 15.6. The van der Waals surface area contributed by atoms with Gasteiger partial charge < -0.3 is 14.9 Å². The number of rotatable bonds is 3. The average Bonchev–Trinajstić information content (AvgIpc) is 2.69. The third kappa shape index (κ3) is 3.58. The summed E-state index contributed by atoms with van der Waals surface area (Å²) >= 11 is 0. The molecule has 2 saturated heterocycles. The summed E-state index contributed by atoms with van der Waals surface area (Å²) in [5.41, 5.74) is 0.463. The second-order valence-corrected chi connectivity index (χ2v) is 7.60. The molecule has 27 heavy (non-hydrogen) atoms. The van der Waals surface area contributed by atoms with Gasteiger partial charge in [-0.1, -0.05) is 6.92 Å². The molecule has 8 heteroatoms. The molecule has 0 radical (unpaired) electrons. The van der Waals surface area contributed by atoms with E-state index in [4.69, 9.17) is 0 Å². The fourth-order valence-electron chi connectivity index (χ4n) is 4.40. The molecule has 2 aromatic rings.